The van der Waals surface area contributed by atoms with Crippen LogP contribution in [0.4, 0.5) is 0 Å². The molecule has 0 aromatic carbocycles. The Hall–Kier alpha value is -1.29. The summed E-state index contributed by atoms with van der Waals surface area (Å²) in [5.74, 6) is 1.28. The summed E-state index contributed by atoms with van der Waals surface area (Å²) in [6, 6.07) is 3.63. The number of nitrogens with zero attached hydrogens (tertiary/aromatic N) is 1. The molecule has 0 radical (unpaired) electrons. The van der Waals surface area contributed by atoms with Gasteiger partial charge in [0.1, 0.15) is 5.76 Å². The molecule has 1 atom stereocenters. The van der Waals surface area contributed by atoms with E-state index < -0.39 is 0 Å². The molecule has 2 rings (SSSR count). The highest BCUT2D eigenvalue weighted by atomic mass is 16.5. The molecular weight excluding hydrogens is 218 g/mol. The molecule has 1 aromatic heterocycles. The lowest BCUT2D eigenvalue weighted by Crippen LogP contribution is -2.45. The lowest BCUT2D eigenvalue weighted by atomic mass is 10.2. The number of furan rings is 1. The molecule has 94 valence electrons. The van der Waals surface area contributed by atoms with E-state index in [9.17, 15) is 4.79 Å². The molecule has 2 heterocycles. The Balaban J connectivity index is 2.03. The van der Waals surface area contributed by atoms with Crippen molar-refractivity contribution in [2.24, 2.45) is 0 Å². The zero-order chi connectivity index (χ0) is 12.3. The molecule has 0 bridgehead atoms. The smallest absolute Gasteiger partial charge is 0.289 e. The number of carbonyl (C=O) groups is 1. The van der Waals surface area contributed by atoms with E-state index in [0.717, 1.165) is 18.6 Å². The van der Waals surface area contributed by atoms with Gasteiger partial charge in [-0.1, -0.05) is 13.8 Å². The fraction of sp³-hybridized carbons (Fsp3) is 0.615. The summed E-state index contributed by atoms with van der Waals surface area (Å²) < 4.78 is 11.0. The van der Waals surface area contributed by atoms with Crippen molar-refractivity contribution in [3.63, 3.8) is 0 Å². The van der Waals surface area contributed by atoms with E-state index in [1.54, 1.807) is 6.07 Å². The molecule has 1 aromatic rings. The van der Waals surface area contributed by atoms with Crippen LogP contribution >= 0.6 is 0 Å². The molecule has 17 heavy (non-hydrogen) atoms. The van der Waals surface area contributed by atoms with Crippen molar-refractivity contribution in [1.82, 2.24) is 4.90 Å². The van der Waals surface area contributed by atoms with Gasteiger partial charge in [-0.05, 0) is 18.6 Å². The second-order valence-electron chi connectivity index (χ2n) is 4.27. The Kier molecular flexibility index (Phi) is 3.84. The average Bonchev–Trinajstić information content (AvgIpc) is 2.86. The van der Waals surface area contributed by atoms with Crippen LogP contribution in [0, 0.1) is 0 Å². The van der Waals surface area contributed by atoms with Crippen LogP contribution in [0.5, 0.6) is 0 Å². The zero-order valence-corrected chi connectivity index (χ0v) is 10.4. The van der Waals surface area contributed by atoms with Crippen molar-refractivity contribution in [2.45, 2.75) is 32.8 Å². The first kappa shape index (κ1) is 12.2. The monoisotopic (exact) mass is 237 g/mol. The van der Waals surface area contributed by atoms with E-state index in [1.165, 1.54) is 0 Å². The van der Waals surface area contributed by atoms with Crippen LogP contribution in [0.15, 0.2) is 16.5 Å². The predicted molar refractivity (Wildman–Crippen MR) is 64.0 cm³/mol. The summed E-state index contributed by atoms with van der Waals surface area (Å²) in [6.45, 7) is 6.01. The summed E-state index contributed by atoms with van der Waals surface area (Å²) in [5.41, 5.74) is 0. The lowest BCUT2D eigenvalue weighted by Gasteiger charge is -2.31. The van der Waals surface area contributed by atoms with Crippen LogP contribution in [0.2, 0.25) is 0 Å². The van der Waals surface area contributed by atoms with Crippen LogP contribution in [0.25, 0.3) is 0 Å². The number of aryl methyl sites for hydroxylation is 1. The SMILES string of the molecule is CCc1ccc(C(=O)N2CCOC(CC)C2)o1. The topological polar surface area (TPSA) is 42.7 Å². The number of amides is 1. The van der Waals surface area contributed by atoms with E-state index in [4.69, 9.17) is 9.15 Å². The van der Waals surface area contributed by atoms with E-state index in [2.05, 4.69) is 6.92 Å². The average molecular weight is 237 g/mol. The third-order valence-electron chi connectivity index (χ3n) is 3.10. The number of rotatable bonds is 3. The molecule has 1 aliphatic rings. The minimum Gasteiger partial charge on any atom is -0.456 e. The molecule has 0 N–H and O–H groups in total. The molecule has 4 heteroatoms. The van der Waals surface area contributed by atoms with E-state index in [1.807, 2.05) is 17.9 Å². The minimum atomic E-state index is -0.0218. The van der Waals surface area contributed by atoms with Crippen LogP contribution in [0.1, 0.15) is 36.6 Å². The Bertz CT molecular complexity index is 386. The van der Waals surface area contributed by atoms with Gasteiger partial charge in [0.25, 0.3) is 5.91 Å². The lowest BCUT2D eigenvalue weighted by molar-refractivity contribution is -0.0235. The van der Waals surface area contributed by atoms with Gasteiger partial charge in [0.15, 0.2) is 5.76 Å². The van der Waals surface area contributed by atoms with Crippen LogP contribution in [0.3, 0.4) is 0 Å². The molecular formula is C13H19NO3. The fourth-order valence-corrected chi connectivity index (χ4v) is 1.99. The molecule has 0 spiro atoms. The number of hydrogen-bond acceptors (Lipinski definition) is 3. The Morgan fingerprint density at radius 2 is 2.29 bits per heavy atom. The highest BCUT2D eigenvalue weighted by Crippen LogP contribution is 2.15. The van der Waals surface area contributed by atoms with Crippen molar-refractivity contribution in [1.29, 1.82) is 0 Å². The first-order valence-corrected chi connectivity index (χ1v) is 6.24. The minimum absolute atomic E-state index is 0.0218. The highest BCUT2D eigenvalue weighted by molar-refractivity contribution is 5.91. The van der Waals surface area contributed by atoms with Crippen LogP contribution in [-0.4, -0.2) is 36.6 Å². The number of carbonyl (C=O) groups excluding carboxylic acids is 1. The van der Waals surface area contributed by atoms with E-state index in [-0.39, 0.29) is 12.0 Å². The van der Waals surface area contributed by atoms with Gasteiger partial charge in [-0.25, -0.2) is 0 Å². The molecule has 1 amide bonds. The summed E-state index contributed by atoms with van der Waals surface area (Å²) in [6.07, 6.45) is 1.91. The van der Waals surface area contributed by atoms with Crippen LogP contribution in [-0.2, 0) is 11.2 Å². The maximum Gasteiger partial charge on any atom is 0.289 e. The fourth-order valence-electron chi connectivity index (χ4n) is 1.99. The maximum atomic E-state index is 12.2. The first-order valence-electron chi connectivity index (χ1n) is 6.24. The standard InChI is InChI=1S/C13H19NO3/c1-3-10-5-6-12(17-10)13(15)14-7-8-16-11(4-2)9-14/h5-6,11H,3-4,7-9H2,1-2H3. The van der Waals surface area contributed by atoms with E-state index >= 15 is 0 Å². The Morgan fingerprint density at radius 3 is 2.94 bits per heavy atom. The molecule has 0 aliphatic carbocycles. The summed E-state index contributed by atoms with van der Waals surface area (Å²) in [4.78, 5) is 14.0. The molecule has 1 aliphatic heterocycles. The van der Waals surface area contributed by atoms with Gasteiger partial charge in [0, 0.05) is 19.5 Å². The van der Waals surface area contributed by atoms with Crippen molar-refractivity contribution >= 4 is 5.91 Å². The second-order valence-corrected chi connectivity index (χ2v) is 4.27. The maximum absolute atomic E-state index is 12.2. The third-order valence-corrected chi connectivity index (χ3v) is 3.10. The molecule has 0 saturated carbocycles. The molecule has 1 saturated heterocycles. The van der Waals surface area contributed by atoms with Crippen molar-refractivity contribution < 1.29 is 13.9 Å². The van der Waals surface area contributed by atoms with Gasteiger partial charge in [-0.3, -0.25) is 4.79 Å². The molecule has 4 nitrogen and oxygen atoms in total. The predicted octanol–water partition coefficient (Wildman–Crippen LogP) is 2.09. The largest absolute Gasteiger partial charge is 0.456 e. The number of ether oxygens (including phenoxy) is 1. The quantitative estimate of drug-likeness (QED) is 0.808. The highest BCUT2D eigenvalue weighted by Gasteiger charge is 2.25. The van der Waals surface area contributed by atoms with Gasteiger partial charge in [-0.2, -0.15) is 0 Å². The Labute approximate surface area is 102 Å². The van der Waals surface area contributed by atoms with E-state index in [0.29, 0.717) is 25.5 Å². The zero-order valence-electron chi connectivity index (χ0n) is 10.4. The van der Waals surface area contributed by atoms with Gasteiger partial charge in [-0.15, -0.1) is 0 Å². The van der Waals surface area contributed by atoms with Crippen molar-refractivity contribution in [2.75, 3.05) is 19.7 Å². The summed E-state index contributed by atoms with van der Waals surface area (Å²) in [7, 11) is 0. The normalized spacial score (nSPS) is 20.6. The second kappa shape index (κ2) is 5.36. The van der Waals surface area contributed by atoms with Gasteiger partial charge in [0.05, 0.1) is 12.7 Å². The van der Waals surface area contributed by atoms with Crippen LogP contribution < -0.4 is 0 Å². The summed E-state index contributed by atoms with van der Waals surface area (Å²) in [5, 5.41) is 0. The van der Waals surface area contributed by atoms with Gasteiger partial charge < -0.3 is 14.1 Å². The van der Waals surface area contributed by atoms with Crippen molar-refractivity contribution in [3.05, 3.63) is 23.7 Å². The third kappa shape index (κ3) is 2.69. The molecule has 1 unspecified atom stereocenters. The Morgan fingerprint density at radius 1 is 1.47 bits per heavy atom. The number of morpholine rings is 1. The van der Waals surface area contributed by atoms with Gasteiger partial charge >= 0.3 is 0 Å². The van der Waals surface area contributed by atoms with Crippen molar-refractivity contribution in [3.8, 4) is 0 Å². The first-order chi connectivity index (χ1) is 8.24. The summed E-state index contributed by atoms with van der Waals surface area (Å²) >= 11 is 0. The number of hydrogen-bond donors (Lipinski definition) is 0. The van der Waals surface area contributed by atoms with Gasteiger partial charge in [0.2, 0.25) is 0 Å². The molecule has 1 fully saturated rings.